The van der Waals surface area contributed by atoms with Crippen LogP contribution in [-0.4, -0.2) is 63.2 Å². The maximum absolute atomic E-state index is 12.9. The van der Waals surface area contributed by atoms with E-state index in [9.17, 15) is 24.0 Å². The van der Waals surface area contributed by atoms with Crippen molar-refractivity contribution in [3.05, 3.63) is 174 Å². The Labute approximate surface area is 365 Å². The molecule has 63 heavy (non-hydrogen) atoms. The van der Waals surface area contributed by atoms with Gasteiger partial charge in [0.05, 0.1) is 42.7 Å². The number of aryl methyl sites for hydroxylation is 1. The van der Waals surface area contributed by atoms with E-state index in [0.29, 0.717) is 11.3 Å². The number of ketones is 1. The maximum atomic E-state index is 12.9. The Bertz CT molecular complexity index is 2590. The van der Waals surface area contributed by atoms with Crippen LogP contribution in [0, 0.1) is 6.92 Å². The lowest BCUT2D eigenvalue weighted by Gasteiger charge is -2.28. The first-order chi connectivity index (χ1) is 30.5. The summed E-state index contributed by atoms with van der Waals surface area (Å²) in [4.78, 5) is 65.2. The van der Waals surface area contributed by atoms with Crippen molar-refractivity contribution in [3.63, 3.8) is 0 Å². The first kappa shape index (κ1) is 44.6. The van der Waals surface area contributed by atoms with Crippen LogP contribution in [0.5, 0.6) is 5.75 Å². The minimum atomic E-state index is -1.05. The summed E-state index contributed by atoms with van der Waals surface area (Å²) < 4.78 is 26.0. The number of nitrogens with zero attached hydrogens (tertiary/aromatic N) is 2. The standard InChI is InChI=1S/C51H46N2O10/c1-6-60-48(55)35(4)32-62-49(56)36-18-24-42(25-19-36)52(40-14-10-8-11-15-40)44-28-22-38(30-34(44)3)39-23-29-45(47(31-39)59-5)53(41-16-12-9-13-17-41)43-26-20-37(21-27-43)50(57)63-33-46(54)51(58)61-7-2/h8-31H,4,6-7,32-33H2,1-3,5H3. The maximum Gasteiger partial charge on any atom is 0.378 e. The van der Waals surface area contributed by atoms with Crippen molar-refractivity contribution < 1.29 is 47.7 Å². The first-order valence-electron chi connectivity index (χ1n) is 20.1. The van der Waals surface area contributed by atoms with Crippen molar-refractivity contribution in [1.29, 1.82) is 0 Å². The molecule has 0 N–H and O–H groups in total. The summed E-state index contributed by atoms with van der Waals surface area (Å²) in [6, 6.07) is 45.5. The monoisotopic (exact) mass is 846 g/mol. The van der Waals surface area contributed by atoms with Crippen molar-refractivity contribution >= 4 is 63.8 Å². The first-order valence-corrected chi connectivity index (χ1v) is 20.1. The number of hydrogen-bond acceptors (Lipinski definition) is 12. The number of methoxy groups -OCH3 is 1. The van der Waals surface area contributed by atoms with Crippen LogP contribution in [0.3, 0.4) is 0 Å². The smallest absolute Gasteiger partial charge is 0.378 e. The van der Waals surface area contributed by atoms with Gasteiger partial charge in [-0.05, 0) is 135 Å². The minimum Gasteiger partial charge on any atom is -0.495 e. The number of anilines is 6. The molecule has 12 nitrogen and oxygen atoms in total. The molecule has 0 unspecified atom stereocenters. The lowest BCUT2D eigenvalue weighted by molar-refractivity contribution is -0.154. The molecule has 0 saturated carbocycles. The van der Waals surface area contributed by atoms with Crippen molar-refractivity contribution in [2.24, 2.45) is 0 Å². The van der Waals surface area contributed by atoms with Crippen LogP contribution in [-0.2, 0) is 33.3 Å². The fourth-order valence-corrected chi connectivity index (χ4v) is 6.64. The van der Waals surface area contributed by atoms with E-state index >= 15 is 0 Å². The van der Waals surface area contributed by atoms with Crippen LogP contribution >= 0.6 is 0 Å². The van der Waals surface area contributed by atoms with Crippen LogP contribution in [0.2, 0.25) is 0 Å². The number of para-hydroxylation sites is 2. The van der Waals surface area contributed by atoms with Gasteiger partial charge >= 0.3 is 23.9 Å². The second-order valence-electron chi connectivity index (χ2n) is 13.9. The zero-order chi connectivity index (χ0) is 44.9. The second-order valence-corrected chi connectivity index (χ2v) is 13.9. The molecule has 0 amide bonds. The zero-order valence-corrected chi connectivity index (χ0v) is 35.4. The van der Waals surface area contributed by atoms with Crippen LogP contribution in [0.25, 0.3) is 11.1 Å². The van der Waals surface area contributed by atoms with Gasteiger partial charge < -0.3 is 33.5 Å². The Morgan fingerprint density at radius 2 is 0.952 bits per heavy atom. The van der Waals surface area contributed by atoms with Crippen LogP contribution < -0.4 is 14.5 Å². The molecule has 0 spiro atoms. The van der Waals surface area contributed by atoms with Gasteiger partial charge in [-0.1, -0.05) is 55.1 Å². The summed E-state index contributed by atoms with van der Waals surface area (Å²) in [5.74, 6) is -3.37. The molecule has 0 aromatic heterocycles. The van der Waals surface area contributed by atoms with Gasteiger partial charge in [0, 0.05) is 28.4 Å². The Morgan fingerprint density at radius 1 is 0.508 bits per heavy atom. The third-order valence-corrected chi connectivity index (χ3v) is 9.72. The summed E-state index contributed by atoms with van der Waals surface area (Å²) in [5.41, 5.74) is 8.35. The number of carbonyl (C=O) groups is 5. The molecule has 6 rings (SSSR count). The highest BCUT2D eigenvalue weighted by atomic mass is 16.6. The van der Waals surface area contributed by atoms with E-state index in [0.717, 1.165) is 50.8 Å². The molecule has 12 heteroatoms. The molecule has 6 aromatic carbocycles. The average molecular weight is 847 g/mol. The molecule has 0 heterocycles. The highest BCUT2D eigenvalue weighted by molar-refractivity contribution is 6.34. The third-order valence-electron chi connectivity index (χ3n) is 9.72. The number of ether oxygens (including phenoxy) is 5. The number of esters is 4. The Morgan fingerprint density at radius 3 is 1.44 bits per heavy atom. The quantitative estimate of drug-likeness (QED) is 0.0352. The number of hydrogen-bond donors (Lipinski definition) is 0. The van der Waals surface area contributed by atoms with E-state index in [1.165, 1.54) is 0 Å². The van der Waals surface area contributed by atoms with Gasteiger partial charge in [-0.15, -0.1) is 0 Å². The number of carbonyl (C=O) groups excluding carboxylic acids is 5. The van der Waals surface area contributed by atoms with Gasteiger partial charge in [0.1, 0.15) is 12.4 Å². The van der Waals surface area contributed by atoms with E-state index in [-0.39, 0.29) is 31.0 Å². The van der Waals surface area contributed by atoms with E-state index in [4.69, 9.17) is 18.9 Å². The van der Waals surface area contributed by atoms with Crippen molar-refractivity contribution in [3.8, 4) is 16.9 Å². The molecule has 6 aromatic rings. The van der Waals surface area contributed by atoms with E-state index in [1.807, 2.05) is 109 Å². The lowest BCUT2D eigenvalue weighted by Crippen LogP contribution is -2.24. The fraction of sp³-hybridized carbons (Fsp3) is 0.157. The van der Waals surface area contributed by atoms with Gasteiger partial charge in [0.15, 0.2) is 6.61 Å². The van der Waals surface area contributed by atoms with E-state index in [1.54, 1.807) is 57.4 Å². The summed E-state index contributed by atoms with van der Waals surface area (Å²) >= 11 is 0. The van der Waals surface area contributed by atoms with E-state index < -0.39 is 36.3 Å². The number of Topliss-reactive ketones (excluding diaryl/α,β-unsaturated/α-hetero) is 1. The van der Waals surface area contributed by atoms with Gasteiger partial charge in [-0.3, -0.25) is 4.79 Å². The van der Waals surface area contributed by atoms with Gasteiger partial charge in [0.2, 0.25) is 0 Å². The van der Waals surface area contributed by atoms with E-state index in [2.05, 4.69) is 28.3 Å². The van der Waals surface area contributed by atoms with Gasteiger partial charge in [-0.25, -0.2) is 19.2 Å². The molecule has 0 fully saturated rings. The molecular weight excluding hydrogens is 801 g/mol. The fourth-order valence-electron chi connectivity index (χ4n) is 6.64. The van der Waals surface area contributed by atoms with Crippen molar-refractivity contribution in [2.75, 3.05) is 43.3 Å². The normalized spacial score (nSPS) is 10.5. The molecule has 0 atom stereocenters. The SMILES string of the molecule is C=C(COC(=O)c1ccc(N(c2ccccc2)c2ccc(-c3ccc(N(c4ccccc4)c4ccc(C(=O)OCC(=O)C(=O)OCC)cc4)c(OC)c3)cc2C)cc1)C(=O)OCC. The molecular formula is C51H46N2O10. The van der Waals surface area contributed by atoms with Gasteiger partial charge in [0.25, 0.3) is 5.78 Å². The lowest BCUT2D eigenvalue weighted by atomic mass is 10.00. The van der Waals surface area contributed by atoms with Crippen LogP contribution in [0.4, 0.5) is 34.1 Å². The molecule has 0 aliphatic carbocycles. The molecule has 0 radical (unpaired) electrons. The minimum absolute atomic E-state index is 0.0366. The number of benzene rings is 6. The predicted molar refractivity (Wildman–Crippen MR) is 241 cm³/mol. The van der Waals surface area contributed by atoms with Crippen molar-refractivity contribution in [2.45, 2.75) is 20.8 Å². The predicted octanol–water partition coefficient (Wildman–Crippen LogP) is 10.2. The van der Waals surface area contributed by atoms with Gasteiger partial charge in [-0.2, -0.15) is 0 Å². The van der Waals surface area contributed by atoms with Crippen LogP contribution in [0.15, 0.2) is 158 Å². The molecule has 0 aliphatic heterocycles. The second kappa shape index (κ2) is 21.0. The number of rotatable bonds is 18. The molecule has 0 bridgehead atoms. The molecule has 0 aliphatic rings. The topological polar surface area (TPSA) is 138 Å². The van der Waals surface area contributed by atoms with Crippen LogP contribution in [0.1, 0.15) is 40.1 Å². The third kappa shape index (κ3) is 10.9. The Hall–Kier alpha value is -7.99. The average Bonchev–Trinajstić information content (AvgIpc) is 3.31. The molecule has 0 saturated heterocycles. The summed E-state index contributed by atoms with van der Waals surface area (Å²) in [6.45, 7) is 8.19. The summed E-state index contributed by atoms with van der Waals surface area (Å²) in [6.07, 6.45) is 0. The summed E-state index contributed by atoms with van der Waals surface area (Å²) in [5, 5.41) is 0. The Kier molecular flexibility index (Phi) is 14.9. The highest BCUT2D eigenvalue weighted by Crippen LogP contribution is 2.43. The molecule has 320 valence electrons. The van der Waals surface area contributed by atoms with Crippen molar-refractivity contribution in [1.82, 2.24) is 0 Å². The summed E-state index contributed by atoms with van der Waals surface area (Å²) in [7, 11) is 1.61. The largest absolute Gasteiger partial charge is 0.495 e. The highest BCUT2D eigenvalue weighted by Gasteiger charge is 2.22. The Balaban J connectivity index is 1.26. The zero-order valence-electron chi connectivity index (χ0n) is 35.4.